The van der Waals surface area contributed by atoms with Crippen LogP contribution in [0, 0.1) is 0 Å². The molecule has 0 amide bonds. The third-order valence-electron chi connectivity index (χ3n) is 3.19. The summed E-state index contributed by atoms with van der Waals surface area (Å²) in [7, 11) is 2.14. The van der Waals surface area contributed by atoms with Crippen molar-refractivity contribution in [3.05, 3.63) is 10.7 Å². The number of likely N-dealkylation sites (tertiary alicyclic amines) is 1. The van der Waals surface area contributed by atoms with Crippen molar-refractivity contribution in [3.8, 4) is 5.88 Å². The molecule has 0 aliphatic carbocycles. The highest BCUT2D eigenvalue weighted by Crippen LogP contribution is 2.25. The largest absolute Gasteiger partial charge is 0.473 e. The van der Waals surface area contributed by atoms with E-state index in [1.54, 1.807) is 6.20 Å². The molecule has 0 bridgehead atoms. The van der Waals surface area contributed by atoms with Crippen molar-refractivity contribution in [3.63, 3.8) is 0 Å². The van der Waals surface area contributed by atoms with Crippen LogP contribution in [0.25, 0.3) is 0 Å². The van der Waals surface area contributed by atoms with E-state index >= 15 is 0 Å². The van der Waals surface area contributed by atoms with Crippen molar-refractivity contribution in [1.82, 2.24) is 14.9 Å². The van der Waals surface area contributed by atoms with E-state index < -0.39 is 0 Å². The smallest absolute Gasteiger partial charge is 0.233 e. The molecule has 1 aromatic rings. The fourth-order valence-corrected chi connectivity index (χ4v) is 2.30. The molecule has 1 saturated heterocycles. The molecule has 106 valence electrons. The van der Waals surface area contributed by atoms with Gasteiger partial charge in [0.05, 0.1) is 10.7 Å². The molecule has 1 aromatic heterocycles. The van der Waals surface area contributed by atoms with Gasteiger partial charge in [-0.25, -0.2) is 4.98 Å². The molecule has 2 rings (SSSR count). The van der Waals surface area contributed by atoms with Gasteiger partial charge in [-0.15, -0.1) is 0 Å². The van der Waals surface area contributed by atoms with Gasteiger partial charge in [0.15, 0.2) is 0 Å². The lowest BCUT2D eigenvalue weighted by atomic mass is 10.1. The normalized spacial score (nSPS) is 17.4. The molecule has 19 heavy (non-hydrogen) atoms. The summed E-state index contributed by atoms with van der Waals surface area (Å²) in [5.74, 6) is 1.27. The highest BCUT2D eigenvalue weighted by atomic mass is 79.9. The number of ether oxygens (including phenoxy) is 1. The second-order valence-electron chi connectivity index (χ2n) is 4.89. The molecule has 1 fully saturated rings. The molecule has 0 saturated carbocycles. The van der Waals surface area contributed by atoms with Crippen LogP contribution >= 0.6 is 15.9 Å². The maximum absolute atomic E-state index is 5.99. The fraction of sp³-hybridized carbons (Fsp3) is 0.692. The van der Waals surface area contributed by atoms with Crippen molar-refractivity contribution in [2.45, 2.75) is 32.3 Å². The third-order valence-corrected chi connectivity index (χ3v) is 3.73. The van der Waals surface area contributed by atoms with Crippen LogP contribution in [0.3, 0.4) is 0 Å². The lowest BCUT2D eigenvalue weighted by Gasteiger charge is -2.29. The Labute approximate surface area is 122 Å². The summed E-state index contributed by atoms with van der Waals surface area (Å²) in [6.07, 6.45) is 5.14. The summed E-state index contributed by atoms with van der Waals surface area (Å²) < 4.78 is 6.80. The van der Waals surface area contributed by atoms with E-state index in [-0.39, 0.29) is 6.10 Å². The number of aromatic nitrogens is 2. The SMILES string of the molecule is CCCNc1ncc(Br)c(OC2CCN(C)CC2)n1. The second kappa shape index (κ2) is 7.05. The first-order chi connectivity index (χ1) is 9.19. The minimum Gasteiger partial charge on any atom is -0.473 e. The molecule has 2 heterocycles. The Bertz CT molecular complexity index is 408. The van der Waals surface area contributed by atoms with Crippen LogP contribution in [0.4, 0.5) is 5.95 Å². The molecule has 5 nitrogen and oxygen atoms in total. The molecule has 6 heteroatoms. The maximum atomic E-state index is 5.99. The number of piperidine rings is 1. The average Bonchev–Trinajstić information content (AvgIpc) is 2.42. The molecule has 0 spiro atoms. The average molecular weight is 329 g/mol. The van der Waals surface area contributed by atoms with Crippen LogP contribution < -0.4 is 10.1 Å². The van der Waals surface area contributed by atoms with Crippen molar-refractivity contribution in [2.75, 3.05) is 32.0 Å². The van der Waals surface area contributed by atoms with Gasteiger partial charge < -0.3 is 15.0 Å². The van der Waals surface area contributed by atoms with Crippen molar-refractivity contribution in [2.24, 2.45) is 0 Å². The summed E-state index contributed by atoms with van der Waals surface area (Å²) in [6.45, 7) is 5.14. The second-order valence-corrected chi connectivity index (χ2v) is 5.75. The monoisotopic (exact) mass is 328 g/mol. The Hall–Kier alpha value is -0.880. The number of nitrogens with one attached hydrogen (secondary N) is 1. The van der Waals surface area contributed by atoms with E-state index in [9.17, 15) is 0 Å². The van der Waals surface area contributed by atoms with E-state index in [0.29, 0.717) is 11.8 Å². The summed E-state index contributed by atoms with van der Waals surface area (Å²) in [5, 5.41) is 3.17. The van der Waals surface area contributed by atoms with E-state index in [2.05, 4.69) is 50.1 Å². The minimum absolute atomic E-state index is 0.251. The predicted molar refractivity (Wildman–Crippen MR) is 79.7 cm³/mol. The van der Waals surface area contributed by atoms with E-state index in [1.807, 2.05) is 0 Å². The predicted octanol–water partition coefficient (Wildman–Crippen LogP) is 2.53. The molecule has 0 unspecified atom stereocenters. The molecule has 0 aromatic carbocycles. The first kappa shape index (κ1) is 14.5. The Morgan fingerprint density at radius 1 is 1.47 bits per heavy atom. The number of halogens is 1. The van der Waals surface area contributed by atoms with E-state index in [0.717, 1.165) is 43.4 Å². The van der Waals surface area contributed by atoms with Crippen molar-refractivity contribution in [1.29, 1.82) is 0 Å². The topological polar surface area (TPSA) is 50.3 Å². The van der Waals surface area contributed by atoms with Crippen LogP contribution in [-0.4, -0.2) is 47.7 Å². The van der Waals surface area contributed by atoms with Gasteiger partial charge in [0.2, 0.25) is 11.8 Å². The highest BCUT2D eigenvalue weighted by molar-refractivity contribution is 9.10. The van der Waals surface area contributed by atoms with Crippen molar-refractivity contribution >= 4 is 21.9 Å². The number of hydrogen-bond acceptors (Lipinski definition) is 5. The zero-order valence-corrected chi connectivity index (χ0v) is 13.1. The van der Waals surface area contributed by atoms with Crippen LogP contribution in [-0.2, 0) is 0 Å². The van der Waals surface area contributed by atoms with Gasteiger partial charge in [0.25, 0.3) is 0 Å². The quantitative estimate of drug-likeness (QED) is 0.900. The summed E-state index contributed by atoms with van der Waals surface area (Å²) in [5.41, 5.74) is 0. The number of anilines is 1. The van der Waals surface area contributed by atoms with Gasteiger partial charge in [0.1, 0.15) is 6.10 Å². The third kappa shape index (κ3) is 4.31. The van der Waals surface area contributed by atoms with E-state index in [1.165, 1.54) is 0 Å². The number of rotatable bonds is 5. The molecule has 1 N–H and O–H groups in total. The Kier molecular flexibility index (Phi) is 5.39. The lowest BCUT2D eigenvalue weighted by molar-refractivity contribution is 0.109. The first-order valence-corrected chi connectivity index (χ1v) is 7.60. The van der Waals surface area contributed by atoms with Crippen LogP contribution in [0.5, 0.6) is 5.88 Å². The van der Waals surface area contributed by atoms with Gasteiger partial charge >= 0.3 is 0 Å². The fourth-order valence-electron chi connectivity index (χ4n) is 2.02. The molecule has 1 aliphatic heterocycles. The first-order valence-electron chi connectivity index (χ1n) is 6.80. The Morgan fingerprint density at radius 2 is 2.21 bits per heavy atom. The van der Waals surface area contributed by atoms with Gasteiger partial charge in [-0.05, 0) is 42.2 Å². The van der Waals surface area contributed by atoms with Crippen LogP contribution in [0.2, 0.25) is 0 Å². The van der Waals surface area contributed by atoms with Gasteiger partial charge in [-0.3, -0.25) is 0 Å². The molecular formula is C13H21BrN4O. The zero-order chi connectivity index (χ0) is 13.7. The van der Waals surface area contributed by atoms with Crippen molar-refractivity contribution < 1.29 is 4.74 Å². The molecular weight excluding hydrogens is 308 g/mol. The minimum atomic E-state index is 0.251. The zero-order valence-electron chi connectivity index (χ0n) is 11.5. The van der Waals surface area contributed by atoms with Gasteiger partial charge in [-0.2, -0.15) is 4.98 Å². The standard InChI is InChI=1S/C13H21BrN4O/c1-3-6-15-13-16-9-11(14)12(17-13)19-10-4-7-18(2)8-5-10/h9-10H,3-8H2,1-2H3,(H,15,16,17). The van der Waals surface area contributed by atoms with Crippen LogP contribution in [0.15, 0.2) is 10.7 Å². The number of hydrogen-bond donors (Lipinski definition) is 1. The summed E-state index contributed by atoms with van der Waals surface area (Å²) in [4.78, 5) is 11.0. The highest BCUT2D eigenvalue weighted by Gasteiger charge is 2.19. The summed E-state index contributed by atoms with van der Waals surface area (Å²) in [6, 6.07) is 0. The molecule has 0 radical (unpaired) electrons. The lowest BCUT2D eigenvalue weighted by Crippen LogP contribution is -2.35. The Morgan fingerprint density at radius 3 is 2.89 bits per heavy atom. The Balaban J connectivity index is 1.98. The van der Waals surface area contributed by atoms with Gasteiger partial charge in [-0.1, -0.05) is 6.92 Å². The van der Waals surface area contributed by atoms with E-state index in [4.69, 9.17) is 4.74 Å². The maximum Gasteiger partial charge on any atom is 0.233 e. The molecule has 0 atom stereocenters. The summed E-state index contributed by atoms with van der Waals surface area (Å²) >= 11 is 3.45. The van der Waals surface area contributed by atoms with Gasteiger partial charge in [0, 0.05) is 19.6 Å². The molecule has 1 aliphatic rings. The number of nitrogens with zero attached hydrogens (tertiary/aromatic N) is 3. The van der Waals surface area contributed by atoms with Crippen LogP contribution in [0.1, 0.15) is 26.2 Å².